The second kappa shape index (κ2) is 7.60. The van der Waals surface area contributed by atoms with E-state index in [1.807, 2.05) is 54.6 Å². The third kappa shape index (κ3) is 3.89. The molecule has 2 saturated heterocycles. The number of hydrogen-bond donors (Lipinski definition) is 1. The molecule has 0 aliphatic carbocycles. The number of benzene rings is 1. The van der Waals surface area contributed by atoms with Gasteiger partial charge in [0, 0.05) is 29.6 Å². The van der Waals surface area contributed by atoms with E-state index in [2.05, 4.69) is 24.3 Å². The molecule has 1 N–H and O–H groups in total. The molecule has 1 unspecified atom stereocenters. The van der Waals surface area contributed by atoms with Crippen LogP contribution >= 0.6 is 0 Å². The van der Waals surface area contributed by atoms with E-state index in [-0.39, 0.29) is 36.2 Å². The van der Waals surface area contributed by atoms with Crippen molar-refractivity contribution in [2.45, 2.75) is 90.1 Å². The Morgan fingerprint density at radius 2 is 1.77 bits per heavy atom. The third-order valence-corrected chi connectivity index (χ3v) is 5.99. The molecule has 2 aliphatic heterocycles. The fourth-order valence-electron chi connectivity index (χ4n) is 4.81. The summed E-state index contributed by atoms with van der Waals surface area (Å²) in [5.41, 5.74) is 0.941. The molecule has 4 rings (SSSR count). The van der Waals surface area contributed by atoms with Gasteiger partial charge in [0.05, 0.1) is 5.52 Å². The minimum Gasteiger partial charge on any atom is -0.444 e. The number of piperidine rings is 1. The van der Waals surface area contributed by atoms with Crippen LogP contribution in [-0.4, -0.2) is 50.4 Å². The van der Waals surface area contributed by atoms with Gasteiger partial charge in [0.2, 0.25) is 0 Å². The first-order valence-electron chi connectivity index (χ1n) is 10.9. The zero-order valence-corrected chi connectivity index (χ0v) is 18.5. The number of nitrogens with zero attached hydrogens (tertiary/aromatic N) is 3. The fourth-order valence-corrected chi connectivity index (χ4v) is 4.81. The first-order chi connectivity index (χ1) is 14.1. The average Bonchev–Trinajstić information content (AvgIpc) is 3.16. The molecule has 7 nitrogen and oxygen atoms in total. The molecule has 3 atom stereocenters. The van der Waals surface area contributed by atoms with Gasteiger partial charge in [-0.2, -0.15) is 5.10 Å². The van der Waals surface area contributed by atoms with Gasteiger partial charge in [0.25, 0.3) is 5.91 Å². The molecule has 1 aromatic heterocycles. The summed E-state index contributed by atoms with van der Waals surface area (Å²) in [5.74, 6) is -0.138. The first kappa shape index (κ1) is 20.7. The van der Waals surface area contributed by atoms with E-state index in [4.69, 9.17) is 4.74 Å². The number of fused-ring (bicyclic) bond motifs is 3. The van der Waals surface area contributed by atoms with Crippen molar-refractivity contribution in [3.05, 3.63) is 30.0 Å². The van der Waals surface area contributed by atoms with Crippen LogP contribution in [0.15, 0.2) is 24.3 Å². The highest BCUT2D eigenvalue weighted by atomic mass is 16.6. The molecule has 2 aliphatic rings. The van der Waals surface area contributed by atoms with Crippen molar-refractivity contribution in [1.29, 1.82) is 0 Å². The second-order valence-corrected chi connectivity index (χ2v) is 9.82. The normalized spacial score (nSPS) is 23.8. The molecule has 0 radical (unpaired) electrons. The number of nitrogens with one attached hydrogen (secondary N) is 1. The number of aromatic nitrogens is 2. The van der Waals surface area contributed by atoms with Gasteiger partial charge in [0.15, 0.2) is 5.69 Å². The van der Waals surface area contributed by atoms with Crippen LogP contribution in [0, 0.1) is 0 Å². The Morgan fingerprint density at radius 1 is 1.13 bits per heavy atom. The van der Waals surface area contributed by atoms with Gasteiger partial charge in [-0.25, -0.2) is 4.79 Å². The van der Waals surface area contributed by atoms with Crippen molar-refractivity contribution >= 4 is 22.9 Å². The highest BCUT2D eigenvalue weighted by molar-refractivity contribution is 6.05. The fraction of sp³-hybridized carbons (Fsp3) is 0.609. The van der Waals surface area contributed by atoms with E-state index in [1.54, 1.807) is 0 Å². The molecule has 1 aromatic carbocycles. The molecule has 2 bridgehead atoms. The Morgan fingerprint density at radius 3 is 2.37 bits per heavy atom. The van der Waals surface area contributed by atoms with E-state index in [0.29, 0.717) is 5.69 Å². The minimum absolute atomic E-state index is 0.0386. The van der Waals surface area contributed by atoms with Crippen molar-refractivity contribution in [3.63, 3.8) is 0 Å². The zero-order chi connectivity index (χ0) is 21.6. The van der Waals surface area contributed by atoms with Crippen LogP contribution in [0.25, 0.3) is 10.9 Å². The highest BCUT2D eigenvalue weighted by Gasteiger charge is 2.45. The number of hydrogen-bond acceptors (Lipinski definition) is 4. The lowest BCUT2D eigenvalue weighted by atomic mass is 9.97. The lowest BCUT2D eigenvalue weighted by Crippen LogP contribution is -2.53. The number of ether oxygens (including phenoxy) is 1. The standard InChI is InChI=1S/C23H32N4O3/c1-14(2)27-19-9-7-6-8-18(19)20(25-27)21(28)24-15-12-16-10-11-17(13-15)26(16)22(29)30-23(3,4)5/h6-9,14-17H,10-13H2,1-5H3,(H,24,28)/t15?,16-,17+. The Kier molecular flexibility index (Phi) is 5.24. The molecule has 2 amide bonds. The van der Waals surface area contributed by atoms with Gasteiger partial charge >= 0.3 is 6.09 Å². The van der Waals surface area contributed by atoms with E-state index < -0.39 is 5.60 Å². The summed E-state index contributed by atoms with van der Waals surface area (Å²) in [6.07, 6.45) is 3.19. The van der Waals surface area contributed by atoms with Crippen molar-refractivity contribution in [3.8, 4) is 0 Å². The van der Waals surface area contributed by atoms with Crippen LogP contribution in [0.2, 0.25) is 0 Å². The van der Waals surface area contributed by atoms with Crippen molar-refractivity contribution in [1.82, 2.24) is 20.0 Å². The van der Waals surface area contributed by atoms with Gasteiger partial charge in [-0.05, 0) is 66.4 Å². The number of para-hydroxylation sites is 1. The van der Waals surface area contributed by atoms with Crippen molar-refractivity contribution in [2.24, 2.45) is 0 Å². The maximum Gasteiger partial charge on any atom is 0.410 e. The average molecular weight is 413 g/mol. The maximum atomic E-state index is 13.1. The molecular weight excluding hydrogens is 380 g/mol. The van der Waals surface area contributed by atoms with E-state index >= 15 is 0 Å². The van der Waals surface area contributed by atoms with E-state index in [0.717, 1.165) is 36.6 Å². The smallest absolute Gasteiger partial charge is 0.410 e. The first-order valence-corrected chi connectivity index (χ1v) is 10.9. The summed E-state index contributed by atoms with van der Waals surface area (Å²) < 4.78 is 7.51. The number of carbonyl (C=O) groups is 2. The van der Waals surface area contributed by atoms with Gasteiger partial charge in [-0.1, -0.05) is 18.2 Å². The maximum absolute atomic E-state index is 13.1. The predicted molar refractivity (Wildman–Crippen MR) is 115 cm³/mol. The molecule has 0 saturated carbocycles. The molecule has 2 aromatic rings. The summed E-state index contributed by atoms with van der Waals surface area (Å²) in [6, 6.07) is 8.30. The Labute approximate surface area is 177 Å². The summed E-state index contributed by atoms with van der Waals surface area (Å²) in [6.45, 7) is 9.79. The van der Waals surface area contributed by atoms with E-state index in [1.165, 1.54) is 0 Å². The van der Waals surface area contributed by atoms with E-state index in [9.17, 15) is 9.59 Å². The topological polar surface area (TPSA) is 76.5 Å². The molecular formula is C23H32N4O3. The van der Waals surface area contributed by atoms with Crippen molar-refractivity contribution in [2.75, 3.05) is 0 Å². The monoisotopic (exact) mass is 412 g/mol. The van der Waals surface area contributed by atoms with Crippen LogP contribution in [0.1, 0.15) is 76.8 Å². The summed E-state index contributed by atoms with van der Waals surface area (Å²) in [7, 11) is 0. The van der Waals surface area contributed by atoms with Crippen LogP contribution in [0.4, 0.5) is 4.79 Å². The lowest BCUT2D eigenvalue weighted by Gasteiger charge is -2.39. The summed E-state index contributed by atoms with van der Waals surface area (Å²) in [5, 5.41) is 8.68. The largest absolute Gasteiger partial charge is 0.444 e. The molecule has 30 heavy (non-hydrogen) atoms. The number of carbonyl (C=O) groups excluding carboxylic acids is 2. The molecule has 7 heteroatoms. The number of amides is 2. The quantitative estimate of drug-likeness (QED) is 0.816. The van der Waals surface area contributed by atoms with Crippen molar-refractivity contribution < 1.29 is 14.3 Å². The van der Waals surface area contributed by atoms with Gasteiger partial charge in [0.1, 0.15) is 5.60 Å². The lowest BCUT2D eigenvalue weighted by molar-refractivity contribution is 0.00499. The molecule has 3 heterocycles. The Balaban J connectivity index is 1.48. The Bertz CT molecular complexity index is 945. The van der Waals surface area contributed by atoms with Crippen LogP contribution < -0.4 is 5.32 Å². The summed E-state index contributed by atoms with van der Waals surface area (Å²) >= 11 is 0. The predicted octanol–water partition coefficient (Wildman–Crippen LogP) is 4.28. The SMILES string of the molecule is CC(C)n1nc(C(=O)NC2C[C@H]3CC[C@@H](C2)N3C(=O)OC(C)(C)C)c2ccccc21. The van der Waals surface area contributed by atoms with Gasteiger partial charge in [-0.15, -0.1) is 0 Å². The molecule has 0 spiro atoms. The third-order valence-electron chi connectivity index (χ3n) is 5.99. The van der Waals surface area contributed by atoms with Crippen LogP contribution in [-0.2, 0) is 4.74 Å². The van der Waals surface area contributed by atoms with Crippen LogP contribution in [0.5, 0.6) is 0 Å². The van der Waals surface area contributed by atoms with Crippen LogP contribution in [0.3, 0.4) is 0 Å². The van der Waals surface area contributed by atoms with Gasteiger partial charge in [-0.3, -0.25) is 9.48 Å². The highest BCUT2D eigenvalue weighted by Crippen LogP contribution is 2.37. The zero-order valence-electron chi connectivity index (χ0n) is 18.5. The number of rotatable bonds is 3. The minimum atomic E-state index is -0.502. The Hall–Kier alpha value is -2.57. The summed E-state index contributed by atoms with van der Waals surface area (Å²) in [4.78, 5) is 27.6. The van der Waals surface area contributed by atoms with Gasteiger partial charge < -0.3 is 15.0 Å². The molecule has 162 valence electrons. The second-order valence-electron chi connectivity index (χ2n) is 9.82. The molecule has 2 fully saturated rings.